The molecule has 2 nitrogen and oxygen atoms in total. The summed E-state index contributed by atoms with van der Waals surface area (Å²) < 4.78 is 0.481. The highest BCUT2D eigenvalue weighted by molar-refractivity contribution is 8.00. The summed E-state index contributed by atoms with van der Waals surface area (Å²) in [6, 6.07) is 6.04. The molecule has 0 heterocycles. The van der Waals surface area contributed by atoms with Gasteiger partial charge in [-0.3, -0.25) is 0 Å². The smallest absolute Gasteiger partial charge is 0.0604 e. The first-order valence-electron chi connectivity index (χ1n) is 5.31. The van der Waals surface area contributed by atoms with E-state index in [1.807, 2.05) is 23.9 Å². The van der Waals surface area contributed by atoms with Crippen molar-refractivity contribution in [3.8, 4) is 0 Å². The molecule has 3 N–H and O–H groups in total. The van der Waals surface area contributed by atoms with Crippen molar-refractivity contribution >= 4 is 23.1 Å². The molecule has 1 saturated carbocycles. The number of nitrogens with two attached hydrogens (primary N) is 1. The molecular formula is C12H18N2S. The van der Waals surface area contributed by atoms with E-state index < -0.39 is 0 Å². The van der Waals surface area contributed by atoms with Gasteiger partial charge in [-0.15, -0.1) is 0 Å². The Bertz CT molecular complexity index is 338. The summed E-state index contributed by atoms with van der Waals surface area (Å²) in [5.41, 5.74) is 9.13. The molecule has 3 heteroatoms. The van der Waals surface area contributed by atoms with Crippen LogP contribution in [0, 0.1) is 6.92 Å². The Labute approximate surface area is 95.6 Å². The molecule has 1 aliphatic rings. The zero-order valence-electron chi connectivity index (χ0n) is 9.34. The first-order chi connectivity index (χ1) is 7.17. The van der Waals surface area contributed by atoms with Crippen LogP contribution in [0.5, 0.6) is 0 Å². The lowest BCUT2D eigenvalue weighted by Crippen LogP contribution is -2.18. The van der Waals surface area contributed by atoms with Gasteiger partial charge in [0.1, 0.15) is 0 Å². The molecule has 0 atom stereocenters. The Morgan fingerprint density at radius 2 is 2.20 bits per heavy atom. The van der Waals surface area contributed by atoms with Crippen LogP contribution in [0.2, 0.25) is 0 Å². The Morgan fingerprint density at radius 3 is 2.73 bits per heavy atom. The molecule has 1 fully saturated rings. The lowest BCUT2D eigenvalue weighted by molar-refractivity contribution is 0.948. The molecule has 0 bridgehead atoms. The van der Waals surface area contributed by atoms with Gasteiger partial charge in [0.2, 0.25) is 0 Å². The Morgan fingerprint density at radius 1 is 1.47 bits per heavy atom. The van der Waals surface area contributed by atoms with Gasteiger partial charge in [-0.2, -0.15) is 11.8 Å². The first kappa shape index (κ1) is 10.7. The van der Waals surface area contributed by atoms with E-state index in [1.165, 1.54) is 18.4 Å². The third-order valence-corrected chi connectivity index (χ3v) is 4.55. The lowest BCUT2D eigenvalue weighted by Gasteiger charge is -2.17. The predicted octanol–water partition coefficient (Wildman–Crippen LogP) is 2.88. The highest BCUT2D eigenvalue weighted by atomic mass is 32.2. The van der Waals surface area contributed by atoms with Crippen molar-refractivity contribution in [2.75, 3.05) is 23.9 Å². The molecule has 0 aliphatic heterocycles. The van der Waals surface area contributed by atoms with Crippen molar-refractivity contribution in [3.05, 3.63) is 23.8 Å². The fourth-order valence-corrected chi connectivity index (χ4v) is 2.50. The van der Waals surface area contributed by atoms with Crippen molar-refractivity contribution in [2.45, 2.75) is 24.5 Å². The van der Waals surface area contributed by atoms with E-state index in [9.17, 15) is 0 Å². The lowest BCUT2D eigenvalue weighted by atomic mass is 10.1. The van der Waals surface area contributed by atoms with E-state index in [2.05, 4.69) is 24.6 Å². The summed E-state index contributed by atoms with van der Waals surface area (Å²) in [7, 11) is 0. The van der Waals surface area contributed by atoms with Crippen LogP contribution in [0.1, 0.15) is 18.4 Å². The van der Waals surface area contributed by atoms with Gasteiger partial charge in [-0.25, -0.2) is 0 Å². The maximum absolute atomic E-state index is 5.94. The van der Waals surface area contributed by atoms with E-state index in [0.717, 1.165) is 17.9 Å². The summed E-state index contributed by atoms with van der Waals surface area (Å²) >= 11 is 1.97. The minimum Gasteiger partial charge on any atom is -0.397 e. The molecule has 0 saturated heterocycles. The highest BCUT2D eigenvalue weighted by Gasteiger charge is 2.41. The molecule has 1 aromatic carbocycles. The fourth-order valence-electron chi connectivity index (χ4n) is 1.77. The zero-order chi connectivity index (χ0) is 10.9. The average Bonchev–Trinajstić information content (AvgIpc) is 2.98. The summed E-state index contributed by atoms with van der Waals surface area (Å²) in [4.78, 5) is 0. The van der Waals surface area contributed by atoms with E-state index >= 15 is 0 Å². The van der Waals surface area contributed by atoms with Crippen molar-refractivity contribution < 1.29 is 0 Å². The van der Waals surface area contributed by atoms with Gasteiger partial charge in [0.15, 0.2) is 0 Å². The molecule has 0 spiro atoms. The Balaban J connectivity index is 2.05. The molecule has 1 aliphatic carbocycles. The fraction of sp³-hybridized carbons (Fsp3) is 0.500. The maximum atomic E-state index is 5.94. The number of para-hydroxylation sites is 1. The molecule has 0 radical (unpaired) electrons. The molecule has 15 heavy (non-hydrogen) atoms. The molecule has 0 amide bonds. The Kier molecular flexibility index (Phi) is 2.83. The van der Waals surface area contributed by atoms with Crippen molar-refractivity contribution in [1.29, 1.82) is 0 Å². The van der Waals surface area contributed by atoms with Gasteiger partial charge >= 0.3 is 0 Å². The number of thioether (sulfide) groups is 1. The van der Waals surface area contributed by atoms with Crippen LogP contribution in [-0.2, 0) is 0 Å². The number of hydrogen-bond donors (Lipinski definition) is 2. The van der Waals surface area contributed by atoms with Crippen LogP contribution in [0.25, 0.3) is 0 Å². The van der Waals surface area contributed by atoms with Crippen LogP contribution < -0.4 is 11.1 Å². The number of aryl methyl sites for hydroxylation is 1. The number of anilines is 2. The van der Waals surface area contributed by atoms with E-state index in [0.29, 0.717) is 4.75 Å². The van der Waals surface area contributed by atoms with Gasteiger partial charge in [-0.1, -0.05) is 12.1 Å². The van der Waals surface area contributed by atoms with Crippen molar-refractivity contribution in [2.24, 2.45) is 0 Å². The minimum absolute atomic E-state index is 0.481. The van der Waals surface area contributed by atoms with Crippen molar-refractivity contribution in [1.82, 2.24) is 0 Å². The normalized spacial score (nSPS) is 17.5. The maximum Gasteiger partial charge on any atom is 0.0604 e. The second kappa shape index (κ2) is 3.97. The quantitative estimate of drug-likeness (QED) is 0.769. The Hall–Kier alpha value is -0.830. The first-order valence-corrected chi connectivity index (χ1v) is 6.53. The van der Waals surface area contributed by atoms with Crippen LogP contribution in [0.3, 0.4) is 0 Å². The van der Waals surface area contributed by atoms with Gasteiger partial charge in [0.25, 0.3) is 0 Å². The number of benzene rings is 1. The number of hydrogen-bond acceptors (Lipinski definition) is 3. The van der Waals surface area contributed by atoms with E-state index in [4.69, 9.17) is 5.73 Å². The standard InChI is InChI=1S/C12H18N2S/c1-9-4-3-5-10(13)11(9)14-8-12(15-2)6-7-12/h3-5,14H,6-8,13H2,1-2H3. The van der Waals surface area contributed by atoms with Gasteiger partial charge < -0.3 is 11.1 Å². The summed E-state index contributed by atoms with van der Waals surface area (Å²) in [6.45, 7) is 3.13. The van der Waals surface area contributed by atoms with Crippen molar-refractivity contribution in [3.63, 3.8) is 0 Å². The highest BCUT2D eigenvalue weighted by Crippen LogP contribution is 2.47. The summed E-state index contributed by atoms with van der Waals surface area (Å²) in [5.74, 6) is 0. The van der Waals surface area contributed by atoms with E-state index in [1.54, 1.807) is 0 Å². The number of rotatable bonds is 4. The van der Waals surface area contributed by atoms with Crippen LogP contribution in [0.15, 0.2) is 18.2 Å². The SMILES string of the molecule is CSC1(CNc2c(C)cccc2N)CC1. The van der Waals surface area contributed by atoms with Crippen LogP contribution in [-0.4, -0.2) is 17.5 Å². The monoisotopic (exact) mass is 222 g/mol. The van der Waals surface area contributed by atoms with Crippen LogP contribution >= 0.6 is 11.8 Å². The number of nitrogen functional groups attached to an aromatic ring is 1. The number of nitrogens with one attached hydrogen (secondary N) is 1. The van der Waals surface area contributed by atoms with E-state index in [-0.39, 0.29) is 0 Å². The molecule has 1 aromatic rings. The topological polar surface area (TPSA) is 38.0 Å². The molecule has 82 valence electrons. The molecular weight excluding hydrogens is 204 g/mol. The second-order valence-electron chi connectivity index (χ2n) is 4.28. The second-order valence-corrected chi connectivity index (χ2v) is 5.55. The van der Waals surface area contributed by atoms with Crippen LogP contribution in [0.4, 0.5) is 11.4 Å². The predicted molar refractivity (Wildman–Crippen MR) is 69.6 cm³/mol. The molecule has 0 unspecified atom stereocenters. The largest absolute Gasteiger partial charge is 0.397 e. The minimum atomic E-state index is 0.481. The van der Waals surface area contributed by atoms with Gasteiger partial charge in [0.05, 0.1) is 11.4 Å². The molecule has 0 aromatic heterocycles. The third-order valence-electron chi connectivity index (χ3n) is 3.13. The third kappa shape index (κ3) is 2.23. The van der Waals surface area contributed by atoms with Gasteiger partial charge in [-0.05, 0) is 37.7 Å². The molecule has 2 rings (SSSR count). The zero-order valence-corrected chi connectivity index (χ0v) is 10.2. The van der Waals surface area contributed by atoms with Gasteiger partial charge in [0, 0.05) is 11.3 Å². The summed E-state index contributed by atoms with van der Waals surface area (Å²) in [6.07, 6.45) is 4.84. The average molecular weight is 222 g/mol. The summed E-state index contributed by atoms with van der Waals surface area (Å²) in [5, 5.41) is 3.49.